The summed E-state index contributed by atoms with van der Waals surface area (Å²) in [5, 5.41) is 2.76. The quantitative estimate of drug-likeness (QED) is 0.823. The van der Waals surface area contributed by atoms with Crippen molar-refractivity contribution in [3.05, 3.63) is 65.7 Å². The zero-order valence-corrected chi connectivity index (χ0v) is 15.9. The van der Waals surface area contributed by atoms with Crippen molar-refractivity contribution in [2.45, 2.75) is 37.1 Å². The summed E-state index contributed by atoms with van der Waals surface area (Å²) in [6, 6.07) is 14.9. The van der Waals surface area contributed by atoms with Crippen LogP contribution < -0.4 is 5.32 Å². The standard InChI is InChI=1S/C20H22N2O4S/c1-15-7-9-17(10-8-15)27(25,26)22-18(11-12-19(22)23)20(24)21-14-13-16-5-3-2-4-6-16/h2-10,18H,11-14H2,1H3,(H,21,24). The molecule has 6 nitrogen and oxygen atoms in total. The summed E-state index contributed by atoms with van der Waals surface area (Å²) in [7, 11) is -4.05. The van der Waals surface area contributed by atoms with Crippen LogP contribution >= 0.6 is 0 Å². The number of aryl methyl sites for hydroxylation is 1. The Morgan fingerprint density at radius 2 is 1.78 bits per heavy atom. The highest BCUT2D eigenvalue weighted by atomic mass is 32.2. The summed E-state index contributed by atoms with van der Waals surface area (Å²) in [4.78, 5) is 24.8. The van der Waals surface area contributed by atoms with Crippen LogP contribution in [0.4, 0.5) is 0 Å². The summed E-state index contributed by atoms with van der Waals surface area (Å²) in [6.07, 6.45) is 0.876. The molecule has 27 heavy (non-hydrogen) atoms. The molecule has 0 saturated carbocycles. The third-order valence-corrected chi connectivity index (χ3v) is 6.44. The highest BCUT2D eigenvalue weighted by Crippen LogP contribution is 2.27. The molecule has 1 atom stereocenters. The third kappa shape index (κ3) is 4.19. The van der Waals surface area contributed by atoms with Crippen LogP contribution in [0, 0.1) is 6.92 Å². The Balaban J connectivity index is 1.71. The predicted octanol–water partition coefficient (Wildman–Crippen LogP) is 2.03. The van der Waals surface area contributed by atoms with Gasteiger partial charge in [0.25, 0.3) is 10.0 Å². The van der Waals surface area contributed by atoms with Gasteiger partial charge in [0.15, 0.2) is 0 Å². The van der Waals surface area contributed by atoms with Gasteiger partial charge in [0, 0.05) is 13.0 Å². The number of benzene rings is 2. The lowest BCUT2D eigenvalue weighted by Gasteiger charge is -2.23. The van der Waals surface area contributed by atoms with Gasteiger partial charge in [-0.15, -0.1) is 0 Å². The lowest BCUT2D eigenvalue weighted by Crippen LogP contribution is -2.47. The molecular weight excluding hydrogens is 364 g/mol. The van der Waals surface area contributed by atoms with Crippen LogP contribution in [0.5, 0.6) is 0 Å². The van der Waals surface area contributed by atoms with Crippen molar-refractivity contribution in [3.8, 4) is 0 Å². The van der Waals surface area contributed by atoms with Crippen molar-refractivity contribution in [1.82, 2.24) is 9.62 Å². The maximum absolute atomic E-state index is 12.9. The smallest absolute Gasteiger partial charge is 0.267 e. The molecule has 1 N–H and O–H groups in total. The summed E-state index contributed by atoms with van der Waals surface area (Å²) in [5.74, 6) is -0.980. The van der Waals surface area contributed by atoms with Gasteiger partial charge in [0.1, 0.15) is 6.04 Å². The second kappa shape index (κ2) is 7.92. The normalized spacial score (nSPS) is 17.1. The molecule has 1 aliphatic heterocycles. The average Bonchev–Trinajstić information content (AvgIpc) is 3.05. The van der Waals surface area contributed by atoms with E-state index in [9.17, 15) is 18.0 Å². The van der Waals surface area contributed by atoms with Crippen LogP contribution in [0.25, 0.3) is 0 Å². The number of rotatable bonds is 6. The first-order valence-corrected chi connectivity index (χ1v) is 10.3. The van der Waals surface area contributed by atoms with Crippen molar-refractivity contribution in [2.24, 2.45) is 0 Å². The van der Waals surface area contributed by atoms with Gasteiger partial charge in [-0.2, -0.15) is 0 Å². The number of nitrogens with one attached hydrogen (secondary N) is 1. The van der Waals surface area contributed by atoms with Crippen molar-refractivity contribution in [3.63, 3.8) is 0 Å². The van der Waals surface area contributed by atoms with E-state index in [4.69, 9.17) is 0 Å². The second-order valence-corrected chi connectivity index (χ2v) is 8.40. The Labute approximate surface area is 159 Å². The molecule has 0 aromatic heterocycles. The van der Waals surface area contributed by atoms with E-state index in [1.165, 1.54) is 12.1 Å². The molecule has 2 aromatic rings. The Bertz CT molecular complexity index is 924. The van der Waals surface area contributed by atoms with Crippen molar-refractivity contribution in [2.75, 3.05) is 6.54 Å². The van der Waals surface area contributed by atoms with Gasteiger partial charge in [-0.1, -0.05) is 48.0 Å². The molecule has 1 unspecified atom stereocenters. The Kier molecular flexibility index (Phi) is 5.60. The highest BCUT2D eigenvalue weighted by Gasteiger charge is 2.44. The molecule has 142 valence electrons. The van der Waals surface area contributed by atoms with Crippen molar-refractivity contribution >= 4 is 21.8 Å². The number of nitrogens with zero attached hydrogens (tertiary/aromatic N) is 1. The lowest BCUT2D eigenvalue weighted by molar-refractivity contribution is -0.130. The minimum atomic E-state index is -4.05. The molecule has 1 saturated heterocycles. The molecule has 1 aliphatic rings. The topological polar surface area (TPSA) is 83.6 Å². The molecule has 1 heterocycles. The van der Waals surface area contributed by atoms with E-state index in [0.717, 1.165) is 15.4 Å². The van der Waals surface area contributed by atoms with E-state index < -0.39 is 27.9 Å². The van der Waals surface area contributed by atoms with E-state index >= 15 is 0 Å². The number of hydrogen-bond donors (Lipinski definition) is 1. The van der Waals surface area contributed by atoms with Crippen LogP contribution in [-0.4, -0.2) is 37.1 Å². The number of carbonyl (C=O) groups is 2. The third-order valence-electron chi connectivity index (χ3n) is 4.60. The average molecular weight is 386 g/mol. The highest BCUT2D eigenvalue weighted by molar-refractivity contribution is 7.89. The molecule has 0 spiro atoms. The van der Waals surface area contributed by atoms with Crippen molar-refractivity contribution in [1.29, 1.82) is 0 Å². The van der Waals surface area contributed by atoms with E-state index in [-0.39, 0.29) is 17.7 Å². The Morgan fingerprint density at radius 1 is 1.11 bits per heavy atom. The minimum Gasteiger partial charge on any atom is -0.354 e. The van der Waals surface area contributed by atoms with Gasteiger partial charge in [-0.25, -0.2) is 12.7 Å². The van der Waals surface area contributed by atoms with Crippen LogP contribution in [0.1, 0.15) is 24.0 Å². The van der Waals surface area contributed by atoms with Gasteiger partial charge < -0.3 is 5.32 Å². The minimum absolute atomic E-state index is 0.0189. The zero-order chi connectivity index (χ0) is 19.4. The molecule has 7 heteroatoms. The van der Waals surface area contributed by atoms with Crippen molar-refractivity contribution < 1.29 is 18.0 Å². The van der Waals surface area contributed by atoms with Crippen LogP contribution in [-0.2, 0) is 26.0 Å². The van der Waals surface area contributed by atoms with E-state index in [0.29, 0.717) is 13.0 Å². The molecule has 0 bridgehead atoms. The molecule has 3 rings (SSSR count). The van der Waals surface area contributed by atoms with E-state index in [1.807, 2.05) is 37.3 Å². The maximum atomic E-state index is 12.9. The van der Waals surface area contributed by atoms with Crippen LogP contribution in [0.15, 0.2) is 59.5 Å². The van der Waals surface area contributed by atoms with Gasteiger partial charge in [-0.3, -0.25) is 9.59 Å². The molecule has 1 fully saturated rings. The molecule has 0 aliphatic carbocycles. The zero-order valence-electron chi connectivity index (χ0n) is 15.1. The number of hydrogen-bond acceptors (Lipinski definition) is 4. The number of sulfonamides is 1. The van der Waals surface area contributed by atoms with Crippen LogP contribution in [0.2, 0.25) is 0 Å². The predicted molar refractivity (Wildman–Crippen MR) is 101 cm³/mol. The SMILES string of the molecule is Cc1ccc(S(=O)(=O)N2C(=O)CCC2C(=O)NCCc2ccccc2)cc1. The fourth-order valence-electron chi connectivity index (χ4n) is 3.12. The largest absolute Gasteiger partial charge is 0.354 e. The summed E-state index contributed by atoms with van der Waals surface area (Å²) in [6.45, 7) is 2.23. The fraction of sp³-hybridized carbons (Fsp3) is 0.300. The maximum Gasteiger partial charge on any atom is 0.267 e. The fourth-order valence-corrected chi connectivity index (χ4v) is 4.72. The van der Waals surface area contributed by atoms with Gasteiger partial charge in [-0.05, 0) is 37.5 Å². The first kappa shape index (κ1) is 19.1. The first-order valence-electron chi connectivity index (χ1n) is 8.85. The van der Waals surface area contributed by atoms with Gasteiger partial charge >= 0.3 is 0 Å². The second-order valence-electron chi connectivity index (χ2n) is 6.59. The molecular formula is C20H22N2O4S. The molecule has 2 aromatic carbocycles. The van der Waals surface area contributed by atoms with Crippen LogP contribution in [0.3, 0.4) is 0 Å². The van der Waals surface area contributed by atoms with Gasteiger partial charge in [0.05, 0.1) is 4.90 Å². The number of carbonyl (C=O) groups excluding carboxylic acids is 2. The van der Waals surface area contributed by atoms with Gasteiger partial charge in [0.2, 0.25) is 11.8 Å². The Hall–Kier alpha value is -2.67. The summed E-state index contributed by atoms with van der Waals surface area (Å²) >= 11 is 0. The van der Waals surface area contributed by atoms with E-state index in [1.54, 1.807) is 12.1 Å². The summed E-state index contributed by atoms with van der Waals surface area (Å²) in [5.41, 5.74) is 1.99. The molecule has 2 amide bonds. The number of amides is 2. The van der Waals surface area contributed by atoms with E-state index in [2.05, 4.69) is 5.32 Å². The first-order chi connectivity index (χ1) is 12.9. The summed E-state index contributed by atoms with van der Waals surface area (Å²) < 4.78 is 26.5. The molecule has 0 radical (unpaired) electrons. The Morgan fingerprint density at radius 3 is 2.44 bits per heavy atom. The monoisotopic (exact) mass is 386 g/mol. The lowest BCUT2D eigenvalue weighted by atomic mass is 10.1.